The van der Waals surface area contributed by atoms with Gasteiger partial charge in [0, 0.05) is 24.8 Å². The van der Waals surface area contributed by atoms with Crippen molar-refractivity contribution in [2.45, 2.75) is 60.0 Å². The molecule has 0 unspecified atom stereocenters. The van der Waals surface area contributed by atoms with Gasteiger partial charge in [0.1, 0.15) is 0 Å². The van der Waals surface area contributed by atoms with E-state index in [1.54, 1.807) is 0 Å². The van der Waals surface area contributed by atoms with Crippen LogP contribution >= 0.6 is 0 Å². The summed E-state index contributed by atoms with van der Waals surface area (Å²) in [5, 5.41) is 0. The van der Waals surface area contributed by atoms with Gasteiger partial charge in [-0.1, -0.05) is 39.8 Å². The number of anilines is 1. The minimum absolute atomic E-state index is 0.621. The molecule has 0 fully saturated rings. The highest BCUT2D eigenvalue weighted by molar-refractivity contribution is 5.55. The van der Waals surface area contributed by atoms with Crippen LogP contribution in [0.15, 0.2) is 18.2 Å². The van der Waals surface area contributed by atoms with Gasteiger partial charge in [0.15, 0.2) is 0 Å². The van der Waals surface area contributed by atoms with Gasteiger partial charge in [0.25, 0.3) is 0 Å². The Labute approximate surface area is 119 Å². The molecule has 0 spiro atoms. The van der Waals surface area contributed by atoms with Crippen LogP contribution in [0.4, 0.5) is 5.69 Å². The Bertz CT molecular complexity index is 381. The molecule has 108 valence electrons. The molecule has 2 N–H and O–H groups in total. The summed E-state index contributed by atoms with van der Waals surface area (Å²) in [7, 11) is 0. The van der Waals surface area contributed by atoms with Crippen LogP contribution in [0.1, 0.15) is 51.7 Å². The summed E-state index contributed by atoms with van der Waals surface area (Å²) >= 11 is 0. The number of nitrogens with zero attached hydrogens (tertiary/aromatic N) is 1. The van der Waals surface area contributed by atoms with Gasteiger partial charge in [-0.25, -0.2) is 0 Å². The first-order valence-electron chi connectivity index (χ1n) is 7.59. The van der Waals surface area contributed by atoms with E-state index in [1.165, 1.54) is 29.7 Å². The molecule has 0 amide bonds. The molecule has 0 saturated carbocycles. The van der Waals surface area contributed by atoms with Crippen LogP contribution in [0.25, 0.3) is 0 Å². The van der Waals surface area contributed by atoms with E-state index in [1.807, 2.05) is 0 Å². The zero-order valence-electron chi connectivity index (χ0n) is 13.2. The molecule has 1 rings (SSSR count). The molecule has 0 atom stereocenters. The summed E-state index contributed by atoms with van der Waals surface area (Å²) in [6.07, 6.45) is 2.39. The van der Waals surface area contributed by atoms with Crippen LogP contribution in [0, 0.1) is 12.8 Å². The second-order valence-electron chi connectivity index (χ2n) is 5.84. The number of benzene rings is 1. The number of aryl methyl sites for hydroxylation is 1. The highest BCUT2D eigenvalue weighted by Crippen LogP contribution is 2.26. The monoisotopic (exact) mass is 262 g/mol. The summed E-state index contributed by atoms with van der Waals surface area (Å²) in [5.74, 6) is 0.675. The Kier molecular flexibility index (Phi) is 6.36. The van der Waals surface area contributed by atoms with Crippen molar-refractivity contribution in [1.82, 2.24) is 0 Å². The van der Waals surface area contributed by atoms with E-state index in [-0.39, 0.29) is 0 Å². The van der Waals surface area contributed by atoms with Crippen LogP contribution < -0.4 is 10.6 Å². The Hall–Kier alpha value is -1.02. The van der Waals surface area contributed by atoms with E-state index < -0.39 is 0 Å². The van der Waals surface area contributed by atoms with Crippen molar-refractivity contribution in [3.05, 3.63) is 29.3 Å². The Morgan fingerprint density at radius 3 is 2.21 bits per heavy atom. The van der Waals surface area contributed by atoms with Gasteiger partial charge in [0.05, 0.1) is 0 Å². The fraction of sp³-hybridized carbons (Fsp3) is 0.647. The van der Waals surface area contributed by atoms with Gasteiger partial charge in [0.2, 0.25) is 0 Å². The van der Waals surface area contributed by atoms with E-state index >= 15 is 0 Å². The maximum Gasteiger partial charge on any atom is 0.0398 e. The predicted octanol–water partition coefficient (Wildman–Crippen LogP) is 4.10. The lowest BCUT2D eigenvalue weighted by molar-refractivity contribution is 0.507. The number of hydrogen-bond donors (Lipinski definition) is 1. The Morgan fingerprint density at radius 1 is 1.16 bits per heavy atom. The third-order valence-corrected chi connectivity index (χ3v) is 3.75. The van der Waals surface area contributed by atoms with Gasteiger partial charge in [-0.3, -0.25) is 0 Å². The summed E-state index contributed by atoms with van der Waals surface area (Å²) in [5.41, 5.74) is 9.66. The summed E-state index contributed by atoms with van der Waals surface area (Å²) in [6.45, 7) is 13.1. The molecule has 0 aliphatic rings. The Balaban J connectivity index is 3.09. The first-order valence-corrected chi connectivity index (χ1v) is 7.59. The molecule has 0 aliphatic carbocycles. The van der Waals surface area contributed by atoms with Gasteiger partial charge in [-0.2, -0.15) is 0 Å². The Morgan fingerprint density at radius 2 is 1.79 bits per heavy atom. The average Bonchev–Trinajstić information content (AvgIpc) is 2.38. The topological polar surface area (TPSA) is 29.3 Å². The van der Waals surface area contributed by atoms with Crippen molar-refractivity contribution in [3.8, 4) is 0 Å². The quantitative estimate of drug-likeness (QED) is 0.801. The van der Waals surface area contributed by atoms with Gasteiger partial charge in [-0.05, 0) is 42.9 Å². The van der Waals surface area contributed by atoms with Gasteiger partial charge in [-0.15, -0.1) is 0 Å². The van der Waals surface area contributed by atoms with E-state index in [0.29, 0.717) is 18.5 Å². The maximum absolute atomic E-state index is 5.72. The summed E-state index contributed by atoms with van der Waals surface area (Å²) in [6, 6.07) is 7.27. The third kappa shape index (κ3) is 4.24. The number of rotatable bonds is 7. The number of hydrogen-bond acceptors (Lipinski definition) is 2. The van der Waals surface area contributed by atoms with Crippen molar-refractivity contribution in [2.24, 2.45) is 11.7 Å². The first-order chi connectivity index (χ1) is 9.03. The second-order valence-corrected chi connectivity index (χ2v) is 5.84. The van der Waals surface area contributed by atoms with Crippen molar-refractivity contribution >= 4 is 5.69 Å². The molecule has 0 aromatic heterocycles. The molecular formula is C17H30N2. The third-order valence-electron chi connectivity index (χ3n) is 3.75. The molecule has 1 aromatic rings. The van der Waals surface area contributed by atoms with Crippen molar-refractivity contribution in [1.29, 1.82) is 0 Å². The summed E-state index contributed by atoms with van der Waals surface area (Å²) in [4.78, 5) is 2.58. The highest BCUT2D eigenvalue weighted by atomic mass is 15.2. The van der Waals surface area contributed by atoms with Gasteiger partial charge < -0.3 is 10.6 Å². The minimum Gasteiger partial charge on any atom is -0.368 e. The molecule has 0 aliphatic heterocycles. The fourth-order valence-corrected chi connectivity index (χ4v) is 2.73. The first kappa shape index (κ1) is 16.0. The molecule has 0 radical (unpaired) electrons. The lowest BCUT2D eigenvalue weighted by Gasteiger charge is -2.35. The molecule has 2 nitrogen and oxygen atoms in total. The summed E-state index contributed by atoms with van der Waals surface area (Å²) < 4.78 is 0. The molecule has 0 bridgehead atoms. The average molecular weight is 262 g/mol. The lowest BCUT2D eigenvalue weighted by atomic mass is 10.0. The smallest absolute Gasteiger partial charge is 0.0398 e. The zero-order chi connectivity index (χ0) is 14.4. The van der Waals surface area contributed by atoms with Crippen LogP contribution in [0.3, 0.4) is 0 Å². The molecular weight excluding hydrogens is 232 g/mol. The van der Waals surface area contributed by atoms with Crippen molar-refractivity contribution < 1.29 is 0 Å². The predicted molar refractivity (Wildman–Crippen MR) is 85.6 cm³/mol. The van der Waals surface area contributed by atoms with E-state index in [2.05, 4.69) is 57.7 Å². The van der Waals surface area contributed by atoms with Crippen LogP contribution in [0.2, 0.25) is 0 Å². The molecule has 19 heavy (non-hydrogen) atoms. The number of nitrogens with two attached hydrogens (primary N) is 1. The normalized spacial score (nSPS) is 11.4. The van der Waals surface area contributed by atoms with E-state index in [4.69, 9.17) is 5.73 Å². The van der Waals surface area contributed by atoms with Gasteiger partial charge >= 0.3 is 0 Å². The van der Waals surface area contributed by atoms with Crippen molar-refractivity contribution in [2.75, 3.05) is 11.4 Å². The molecule has 1 aromatic carbocycles. The fourth-order valence-electron chi connectivity index (χ4n) is 2.73. The van der Waals surface area contributed by atoms with E-state index in [0.717, 1.165) is 6.54 Å². The van der Waals surface area contributed by atoms with E-state index in [9.17, 15) is 0 Å². The SMILES string of the molecule is CCC(CC)N(CC(C)C)c1ccc(CN)cc1C. The highest BCUT2D eigenvalue weighted by Gasteiger charge is 2.18. The molecule has 0 heterocycles. The maximum atomic E-state index is 5.72. The van der Waals surface area contributed by atoms with Crippen LogP contribution in [-0.2, 0) is 6.54 Å². The standard InChI is InChI=1S/C17H30N2/c1-6-16(7-2)19(12-13(3)4)17-9-8-15(11-18)10-14(17)5/h8-10,13,16H,6-7,11-12,18H2,1-5H3. The van der Waals surface area contributed by atoms with Crippen LogP contribution in [-0.4, -0.2) is 12.6 Å². The minimum atomic E-state index is 0.621. The second kappa shape index (κ2) is 7.54. The molecule has 2 heteroatoms. The zero-order valence-corrected chi connectivity index (χ0v) is 13.2. The largest absolute Gasteiger partial charge is 0.368 e. The van der Waals surface area contributed by atoms with Crippen LogP contribution in [0.5, 0.6) is 0 Å². The van der Waals surface area contributed by atoms with Crippen molar-refractivity contribution in [3.63, 3.8) is 0 Å². The molecule has 0 saturated heterocycles. The lowest BCUT2D eigenvalue weighted by Crippen LogP contribution is -2.37.